The number of aliphatic imine (C=N–C) groups is 1. The lowest BCUT2D eigenvalue weighted by molar-refractivity contribution is -0.145. The summed E-state index contributed by atoms with van der Waals surface area (Å²) >= 11 is 1.40. The van der Waals surface area contributed by atoms with E-state index in [1.807, 2.05) is 47.4 Å². The predicted octanol–water partition coefficient (Wildman–Crippen LogP) is 5.82. The van der Waals surface area contributed by atoms with Crippen LogP contribution in [-0.2, 0) is 14.3 Å². The number of methoxy groups -OCH3 is 1. The number of nitrogens with zero attached hydrogens (tertiary/aromatic N) is 2. The van der Waals surface area contributed by atoms with Gasteiger partial charge in [0.2, 0.25) is 0 Å². The van der Waals surface area contributed by atoms with E-state index >= 15 is 0 Å². The molecule has 7 nitrogen and oxygen atoms in total. The second kappa shape index (κ2) is 12.1. The maximum Gasteiger partial charge on any atom is 0.344 e. The van der Waals surface area contributed by atoms with Crippen LogP contribution in [0.2, 0.25) is 0 Å². The fraction of sp³-hybridized carbons (Fsp3) is 0.393. The van der Waals surface area contributed by atoms with Crippen molar-refractivity contribution >= 4 is 40.6 Å². The average molecular weight is 509 g/mol. The lowest BCUT2D eigenvalue weighted by Gasteiger charge is -2.35. The van der Waals surface area contributed by atoms with Crippen LogP contribution in [0.3, 0.4) is 0 Å². The SMILES string of the molecule is CCOC(=O)COc1ccc(/C=C2\SC(=Nc3ccccc3)N([C@@H]3CCCC[C@@H]3C)C2=O)cc1OC. The van der Waals surface area contributed by atoms with Gasteiger partial charge >= 0.3 is 5.97 Å². The summed E-state index contributed by atoms with van der Waals surface area (Å²) in [7, 11) is 1.54. The maximum absolute atomic E-state index is 13.7. The van der Waals surface area contributed by atoms with E-state index in [1.54, 1.807) is 19.1 Å². The second-order valence-corrected chi connectivity index (χ2v) is 9.86. The molecule has 0 unspecified atom stereocenters. The van der Waals surface area contributed by atoms with Gasteiger partial charge in [0, 0.05) is 6.04 Å². The highest BCUT2D eigenvalue weighted by atomic mass is 32.2. The zero-order valence-electron chi connectivity index (χ0n) is 20.9. The molecule has 36 heavy (non-hydrogen) atoms. The molecule has 0 radical (unpaired) electrons. The molecule has 1 aliphatic carbocycles. The van der Waals surface area contributed by atoms with Crippen LogP contribution in [0.1, 0.15) is 45.1 Å². The standard InChI is InChI=1S/C28H32N2O5S/c1-4-34-26(31)18-35-23-15-14-20(16-24(23)33-3)17-25-27(32)30(22-13-9-8-10-19(22)2)28(36-25)29-21-11-6-5-7-12-21/h5-7,11-12,14-17,19,22H,4,8-10,13,18H2,1-3H3/b25-17-,29-28?/t19-,22+/m0/s1. The summed E-state index contributed by atoms with van der Waals surface area (Å²) in [6.07, 6.45) is 6.27. The summed E-state index contributed by atoms with van der Waals surface area (Å²) in [5.74, 6) is 0.859. The Morgan fingerprint density at radius 3 is 2.64 bits per heavy atom. The number of amides is 1. The molecule has 1 aliphatic heterocycles. The highest BCUT2D eigenvalue weighted by Gasteiger charge is 2.41. The van der Waals surface area contributed by atoms with Crippen molar-refractivity contribution < 1.29 is 23.8 Å². The minimum Gasteiger partial charge on any atom is -0.493 e. The highest BCUT2D eigenvalue weighted by Crippen LogP contribution is 2.40. The number of carbonyl (C=O) groups is 2. The van der Waals surface area contributed by atoms with Crippen LogP contribution >= 0.6 is 11.8 Å². The molecular weight excluding hydrogens is 476 g/mol. The van der Waals surface area contributed by atoms with Crippen LogP contribution < -0.4 is 9.47 Å². The number of amidine groups is 1. The van der Waals surface area contributed by atoms with Gasteiger partial charge in [-0.05, 0) is 73.4 Å². The predicted molar refractivity (Wildman–Crippen MR) is 142 cm³/mol. The molecule has 0 N–H and O–H groups in total. The molecule has 2 aromatic rings. The van der Waals surface area contributed by atoms with Crippen molar-refractivity contribution in [2.45, 2.75) is 45.6 Å². The minimum atomic E-state index is -0.444. The van der Waals surface area contributed by atoms with Crippen LogP contribution in [0.4, 0.5) is 5.69 Å². The molecule has 2 aliphatic rings. The molecule has 190 valence electrons. The molecule has 0 bridgehead atoms. The molecule has 2 fully saturated rings. The molecule has 0 aromatic heterocycles. The number of hydrogen-bond donors (Lipinski definition) is 0. The third-order valence-electron chi connectivity index (χ3n) is 6.35. The van der Waals surface area contributed by atoms with E-state index in [0.29, 0.717) is 28.9 Å². The first-order chi connectivity index (χ1) is 17.5. The Hall–Kier alpha value is -3.26. The van der Waals surface area contributed by atoms with Crippen molar-refractivity contribution in [3.05, 3.63) is 59.0 Å². The molecule has 2 aromatic carbocycles. The van der Waals surface area contributed by atoms with Crippen molar-refractivity contribution in [3.8, 4) is 11.5 Å². The van der Waals surface area contributed by atoms with Crippen LogP contribution in [0.15, 0.2) is 58.4 Å². The van der Waals surface area contributed by atoms with Gasteiger partial charge in [-0.3, -0.25) is 9.69 Å². The molecule has 0 spiro atoms. The van der Waals surface area contributed by atoms with Crippen molar-refractivity contribution in [1.29, 1.82) is 0 Å². The first-order valence-electron chi connectivity index (χ1n) is 12.3. The Labute approximate surface area is 216 Å². The Kier molecular flexibility index (Phi) is 8.70. The fourth-order valence-corrected chi connectivity index (χ4v) is 5.58. The van der Waals surface area contributed by atoms with Gasteiger partial charge in [-0.25, -0.2) is 9.79 Å². The van der Waals surface area contributed by atoms with Crippen LogP contribution in [0, 0.1) is 5.92 Å². The van der Waals surface area contributed by atoms with Gasteiger partial charge in [0.1, 0.15) is 0 Å². The van der Waals surface area contributed by atoms with Crippen LogP contribution in [0.25, 0.3) is 6.08 Å². The second-order valence-electron chi connectivity index (χ2n) is 8.85. The number of ether oxygens (including phenoxy) is 3. The lowest BCUT2D eigenvalue weighted by Crippen LogP contribution is -2.44. The van der Waals surface area contributed by atoms with E-state index in [9.17, 15) is 9.59 Å². The third kappa shape index (κ3) is 6.10. The van der Waals surface area contributed by atoms with Gasteiger partial charge in [-0.1, -0.05) is 44.0 Å². The Bertz CT molecular complexity index is 1150. The summed E-state index contributed by atoms with van der Waals surface area (Å²) in [4.78, 5) is 32.7. The number of para-hydroxylation sites is 1. The molecule has 1 saturated heterocycles. The van der Waals surface area contributed by atoms with Crippen LogP contribution in [-0.4, -0.2) is 48.3 Å². The molecule has 1 amide bonds. The molecule has 1 heterocycles. The Morgan fingerprint density at radius 2 is 1.92 bits per heavy atom. The van der Waals surface area contributed by atoms with Crippen molar-refractivity contribution in [2.24, 2.45) is 10.9 Å². The molecule has 1 saturated carbocycles. The Morgan fingerprint density at radius 1 is 1.14 bits per heavy atom. The summed E-state index contributed by atoms with van der Waals surface area (Å²) in [5.41, 5.74) is 1.62. The summed E-state index contributed by atoms with van der Waals surface area (Å²) in [5, 5.41) is 0.720. The number of carbonyl (C=O) groups excluding carboxylic acids is 2. The molecule has 2 atom stereocenters. The molecule has 4 rings (SSSR count). The molecular formula is C28H32N2O5S. The Balaban J connectivity index is 1.61. The summed E-state index contributed by atoms with van der Waals surface area (Å²) in [6.45, 7) is 4.06. The van der Waals surface area contributed by atoms with Crippen LogP contribution in [0.5, 0.6) is 11.5 Å². The van der Waals surface area contributed by atoms with E-state index in [2.05, 4.69) is 6.92 Å². The van der Waals surface area contributed by atoms with E-state index in [0.717, 1.165) is 35.7 Å². The van der Waals surface area contributed by atoms with Crippen molar-refractivity contribution in [2.75, 3.05) is 20.3 Å². The largest absolute Gasteiger partial charge is 0.493 e. The quantitative estimate of drug-likeness (QED) is 0.330. The number of benzene rings is 2. The number of esters is 1. The number of rotatable bonds is 8. The monoisotopic (exact) mass is 508 g/mol. The van der Waals surface area contributed by atoms with Crippen molar-refractivity contribution in [3.63, 3.8) is 0 Å². The minimum absolute atomic E-state index is 0.0185. The number of hydrogen-bond acceptors (Lipinski definition) is 7. The smallest absolute Gasteiger partial charge is 0.344 e. The zero-order chi connectivity index (χ0) is 25.5. The average Bonchev–Trinajstić information content (AvgIpc) is 3.18. The van der Waals surface area contributed by atoms with Crippen molar-refractivity contribution in [1.82, 2.24) is 4.90 Å². The number of thioether (sulfide) groups is 1. The van der Waals surface area contributed by atoms with Gasteiger partial charge in [0.25, 0.3) is 5.91 Å². The van der Waals surface area contributed by atoms with E-state index in [-0.39, 0.29) is 18.6 Å². The van der Waals surface area contributed by atoms with Gasteiger partial charge in [-0.15, -0.1) is 0 Å². The van der Waals surface area contributed by atoms with E-state index < -0.39 is 5.97 Å². The first kappa shape index (κ1) is 25.8. The topological polar surface area (TPSA) is 77.4 Å². The first-order valence-corrected chi connectivity index (χ1v) is 13.1. The normalized spacial score (nSPS) is 22.2. The van der Waals surface area contributed by atoms with E-state index in [1.165, 1.54) is 25.3 Å². The zero-order valence-corrected chi connectivity index (χ0v) is 21.8. The van der Waals surface area contributed by atoms with Gasteiger partial charge < -0.3 is 14.2 Å². The van der Waals surface area contributed by atoms with Gasteiger partial charge in [0.15, 0.2) is 23.3 Å². The highest BCUT2D eigenvalue weighted by molar-refractivity contribution is 8.18. The maximum atomic E-state index is 13.7. The van der Waals surface area contributed by atoms with Gasteiger partial charge in [-0.2, -0.15) is 0 Å². The molecule has 8 heteroatoms. The third-order valence-corrected chi connectivity index (χ3v) is 7.33. The fourth-order valence-electron chi connectivity index (χ4n) is 4.53. The lowest BCUT2D eigenvalue weighted by atomic mass is 9.85. The summed E-state index contributed by atoms with van der Waals surface area (Å²) in [6, 6.07) is 15.2. The summed E-state index contributed by atoms with van der Waals surface area (Å²) < 4.78 is 15.9. The van der Waals surface area contributed by atoms with E-state index in [4.69, 9.17) is 19.2 Å². The van der Waals surface area contributed by atoms with Gasteiger partial charge in [0.05, 0.1) is 24.3 Å².